The highest BCUT2D eigenvalue weighted by Crippen LogP contribution is 2.37. The first-order valence-electron chi connectivity index (χ1n) is 6.83. The molecule has 1 aliphatic rings. The number of alkyl halides is 1. The Balaban J connectivity index is 2.38. The molecule has 1 saturated carbocycles. The van der Waals surface area contributed by atoms with Gasteiger partial charge < -0.3 is 19.1 Å². The van der Waals surface area contributed by atoms with Gasteiger partial charge in [0.15, 0.2) is 11.5 Å². The number of nitrogens with zero attached hydrogens (tertiary/aromatic N) is 1. The van der Waals surface area contributed by atoms with Gasteiger partial charge in [0.2, 0.25) is 0 Å². The van der Waals surface area contributed by atoms with E-state index in [1.54, 1.807) is 33.5 Å². The van der Waals surface area contributed by atoms with Gasteiger partial charge in [0.1, 0.15) is 5.75 Å². The van der Waals surface area contributed by atoms with Crippen molar-refractivity contribution in [1.82, 2.24) is 4.90 Å². The first-order valence-corrected chi connectivity index (χ1v) is 7.95. The molecule has 1 aromatic rings. The number of amides is 1. The fourth-order valence-electron chi connectivity index (χ4n) is 2.28. The number of carbonyl (C=O) groups is 1. The zero-order valence-electron chi connectivity index (χ0n) is 12.5. The van der Waals surface area contributed by atoms with Crippen molar-refractivity contribution in [2.24, 2.45) is 0 Å². The Labute approximate surface area is 133 Å². The van der Waals surface area contributed by atoms with Gasteiger partial charge in [-0.1, -0.05) is 15.9 Å². The molecule has 0 saturated heterocycles. The fourth-order valence-corrected chi connectivity index (χ4v) is 2.66. The van der Waals surface area contributed by atoms with Crippen molar-refractivity contribution in [1.29, 1.82) is 0 Å². The molecule has 0 radical (unpaired) electrons. The van der Waals surface area contributed by atoms with Crippen molar-refractivity contribution in [2.75, 3.05) is 33.2 Å². The lowest BCUT2D eigenvalue weighted by Crippen LogP contribution is -2.35. The molecule has 0 aromatic heterocycles. The summed E-state index contributed by atoms with van der Waals surface area (Å²) in [5, 5.41) is 0.755. The molecule has 1 amide bonds. The molecule has 0 bridgehead atoms. The quantitative estimate of drug-likeness (QED) is 0.704. The van der Waals surface area contributed by atoms with E-state index in [0.29, 0.717) is 35.4 Å². The molecule has 0 atom stereocenters. The summed E-state index contributed by atoms with van der Waals surface area (Å²) in [7, 11) is 4.65. The lowest BCUT2D eigenvalue weighted by atomic mass is 10.1. The van der Waals surface area contributed by atoms with Gasteiger partial charge in [-0.2, -0.15) is 0 Å². The van der Waals surface area contributed by atoms with E-state index in [1.165, 1.54) is 0 Å². The van der Waals surface area contributed by atoms with Crippen LogP contribution in [0.4, 0.5) is 0 Å². The Hall–Kier alpha value is -1.43. The van der Waals surface area contributed by atoms with Crippen LogP contribution in [0.15, 0.2) is 12.1 Å². The maximum atomic E-state index is 12.8. The van der Waals surface area contributed by atoms with E-state index in [0.717, 1.165) is 18.2 Å². The summed E-state index contributed by atoms with van der Waals surface area (Å²) in [6.45, 7) is 0.682. The number of rotatable bonds is 7. The van der Waals surface area contributed by atoms with Gasteiger partial charge in [0.05, 0.1) is 26.9 Å². The molecule has 0 N–H and O–H groups in total. The van der Waals surface area contributed by atoms with Crippen LogP contribution < -0.4 is 14.2 Å². The van der Waals surface area contributed by atoms with E-state index in [4.69, 9.17) is 14.2 Å². The molecule has 6 heteroatoms. The van der Waals surface area contributed by atoms with E-state index in [-0.39, 0.29) is 5.91 Å². The molecule has 2 rings (SSSR count). The Morgan fingerprint density at radius 1 is 1.14 bits per heavy atom. The van der Waals surface area contributed by atoms with Crippen LogP contribution in [0.5, 0.6) is 17.2 Å². The monoisotopic (exact) mass is 357 g/mol. The summed E-state index contributed by atoms with van der Waals surface area (Å²) < 4.78 is 15.9. The number of hydrogen-bond donors (Lipinski definition) is 0. The van der Waals surface area contributed by atoms with Crippen LogP contribution in [0.25, 0.3) is 0 Å². The van der Waals surface area contributed by atoms with E-state index in [1.807, 2.05) is 4.90 Å². The van der Waals surface area contributed by atoms with Crippen molar-refractivity contribution in [3.8, 4) is 17.2 Å². The van der Waals surface area contributed by atoms with Gasteiger partial charge in [0.25, 0.3) is 5.91 Å². The average Bonchev–Trinajstić information content (AvgIpc) is 3.35. The van der Waals surface area contributed by atoms with Crippen LogP contribution in [0.2, 0.25) is 0 Å². The highest BCUT2D eigenvalue weighted by molar-refractivity contribution is 9.09. The summed E-state index contributed by atoms with van der Waals surface area (Å²) in [5.74, 6) is 1.54. The summed E-state index contributed by atoms with van der Waals surface area (Å²) in [5.41, 5.74) is 0.503. The minimum absolute atomic E-state index is 0.0326. The lowest BCUT2D eigenvalue weighted by Gasteiger charge is -2.23. The van der Waals surface area contributed by atoms with Gasteiger partial charge in [0, 0.05) is 30.0 Å². The second-order valence-corrected chi connectivity index (χ2v) is 5.62. The second kappa shape index (κ2) is 7.02. The molecule has 0 aliphatic heterocycles. The number of methoxy groups -OCH3 is 3. The summed E-state index contributed by atoms with van der Waals surface area (Å²) in [6, 6.07) is 3.71. The Kier molecular flexibility index (Phi) is 5.33. The number of halogens is 1. The van der Waals surface area contributed by atoms with Crippen LogP contribution in [-0.2, 0) is 0 Å². The van der Waals surface area contributed by atoms with Crippen LogP contribution >= 0.6 is 15.9 Å². The van der Waals surface area contributed by atoms with Gasteiger partial charge in [-0.3, -0.25) is 4.79 Å². The molecule has 0 heterocycles. The van der Waals surface area contributed by atoms with E-state index in [9.17, 15) is 4.79 Å². The highest BCUT2D eigenvalue weighted by Gasteiger charge is 2.34. The molecule has 116 valence electrons. The lowest BCUT2D eigenvalue weighted by molar-refractivity contribution is 0.0751. The molecule has 1 aliphatic carbocycles. The summed E-state index contributed by atoms with van der Waals surface area (Å²) in [6.07, 6.45) is 2.13. The van der Waals surface area contributed by atoms with Crippen molar-refractivity contribution in [3.63, 3.8) is 0 Å². The molecule has 5 nitrogen and oxygen atoms in total. The molecule has 0 unspecified atom stereocenters. The normalized spacial score (nSPS) is 13.7. The van der Waals surface area contributed by atoms with Gasteiger partial charge in [-0.15, -0.1) is 0 Å². The largest absolute Gasteiger partial charge is 0.496 e. The van der Waals surface area contributed by atoms with E-state index in [2.05, 4.69) is 15.9 Å². The van der Waals surface area contributed by atoms with Gasteiger partial charge in [-0.25, -0.2) is 0 Å². The molecule has 1 aromatic carbocycles. The van der Waals surface area contributed by atoms with Crippen LogP contribution in [0.3, 0.4) is 0 Å². The predicted molar refractivity (Wildman–Crippen MR) is 84.0 cm³/mol. The smallest absolute Gasteiger partial charge is 0.258 e. The average molecular weight is 358 g/mol. The minimum atomic E-state index is -0.0326. The molecular weight excluding hydrogens is 338 g/mol. The van der Waals surface area contributed by atoms with E-state index >= 15 is 0 Å². The zero-order chi connectivity index (χ0) is 15.4. The second-order valence-electron chi connectivity index (χ2n) is 4.83. The first kappa shape index (κ1) is 15.9. The van der Waals surface area contributed by atoms with Crippen LogP contribution in [-0.4, -0.2) is 50.1 Å². The topological polar surface area (TPSA) is 48.0 Å². The Morgan fingerprint density at radius 3 is 2.19 bits per heavy atom. The number of carbonyl (C=O) groups excluding carboxylic acids is 1. The number of ether oxygens (including phenoxy) is 3. The van der Waals surface area contributed by atoms with Crippen LogP contribution in [0, 0.1) is 0 Å². The highest BCUT2D eigenvalue weighted by atomic mass is 79.9. The Bertz CT molecular complexity index is 517. The van der Waals surface area contributed by atoms with Crippen molar-refractivity contribution in [3.05, 3.63) is 17.7 Å². The van der Waals surface area contributed by atoms with Gasteiger partial charge in [-0.05, 0) is 12.8 Å². The van der Waals surface area contributed by atoms with E-state index < -0.39 is 0 Å². The maximum absolute atomic E-state index is 12.8. The number of hydrogen-bond acceptors (Lipinski definition) is 4. The number of benzene rings is 1. The third-order valence-corrected chi connectivity index (χ3v) is 3.86. The third-order valence-electron chi connectivity index (χ3n) is 3.51. The maximum Gasteiger partial charge on any atom is 0.258 e. The molecular formula is C15H20BrNO4. The summed E-state index contributed by atoms with van der Waals surface area (Å²) >= 11 is 3.40. The predicted octanol–water partition coefficient (Wildman–Crippen LogP) is 2.71. The molecule has 1 fully saturated rings. The van der Waals surface area contributed by atoms with Crippen molar-refractivity contribution >= 4 is 21.8 Å². The Morgan fingerprint density at radius 2 is 1.71 bits per heavy atom. The molecule has 0 spiro atoms. The molecule has 21 heavy (non-hydrogen) atoms. The first-order chi connectivity index (χ1) is 10.2. The summed E-state index contributed by atoms with van der Waals surface area (Å²) in [4.78, 5) is 14.7. The minimum Gasteiger partial charge on any atom is -0.496 e. The third kappa shape index (κ3) is 3.43. The standard InChI is InChI=1S/C15H20BrNO4/c1-19-12-9-14(21-3)13(20-2)8-11(12)15(18)17(7-6-16)10-4-5-10/h8-10H,4-7H2,1-3H3. The SMILES string of the molecule is COc1cc(OC)c(C(=O)N(CCBr)C2CC2)cc1OC. The van der Waals surface area contributed by atoms with Gasteiger partial charge >= 0.3 is 0 Å². The fraction of sp³-hybridized carbons (Fsp3) is 0.533. The van der Waals surface area contributed by atoms with Crippen molar-refractivity contribution < 1.29 is 19.0 Å². The zero-order valence-corrected chi connectivity index (χ0v) is 14.1. The van der Waals surface area contributed by atoms with Crippen molar-refractivity contribution in [2.45, 2.75) is 18.9 Å². The van der Waals surface area contributed by atoms with Crippen LogP contribution in [0.1, 0.15) is 23.2 Å².